The molecule has 1 N–H and O–H groups in total. The third-order valence-corrected chi connectivity index (χ3v) is 11.4. The lowest BCUT2D eigenvalue weighted by molar-refractivity contribution is -0.140. The van der Waals surface area contributed by atoms with Gasteiger partial charge in [-0.05, 0) is 86.0 Å². The van der Waals surface area contributed by atoms with E-state index in [-0.39, 0.29) is 29.8 Å². The van der Waals surface area contributed by atoms with Gasteiger partial charge >= 0.3 is 6.18 Å². The number of nitrogens with one attached hydrogen (secondary N) is 1. The number of nitrogens with zero attached hydrogens (tertiary/aromatic N) is 5. The van der Waals surface area contributed by atoms with Gasteiger partial charge in [-0.1, -0.05) is 12.1 Å². The van der Waals surface area contributed by atoms with E-state index in [2.05, 4.69) is 15.1 Å². The van der Waals surface area contributed by atoms with E-state index in [1.54, 1.807) is 12.0 Å². The Hall–Kier alpha value is -5.36. The summed E-state index contributed by atoms with van der Waals surface area (Å²) in [5, 5.41) is 11.4. The number of carbonyl (C=O) groups is 3. The molecule has 296 valence electrons. The summed E-state index contributed by atoms with van der Waals surface area (Å²) in [7, 11) is 1.54. The molecule has 4 heterocycles. The number of halogens is 4. The highest BCUT2D eigenvalue weighted by Crippen LogP contribution is 2.40. The Bertz CT molecular complexity index is 2000. The van der Waals surface area contributed by atoms with Crippen LogP contribution in [-0.2, 0) is 22.3 Å². The first-order valence-corrected chi connectivity index (χ1v) is 19.1. The van der Waals surface area contributed by atoms with Crippen molar-refractivity contribution in [1.82, 2.24) is 15.1 Å². The van der Waals surface area contributed by atoms with Crippen molar-refractivity contribution in [1.29, 1.82) is 5.26 Å². The van der Waals surface area contributed by atoms with E-state index in [9.17, 15) is 31.9 Å². The predicted octanol–water partition coefficient (Wildman–Crippen LogP) is 5.85. The molecule has 0 aliphatic carbocycles. The Morgan fingerprint density at radius 2 is 1.64 bits per heavy atom. The highest BCUT2D eigenvalue weighted by molar-refractivity contribution is 6.06. The largest absolute Gasteiger partial charge is 0.496 e. The maximum absolute atomic E-state index is 15.0. The van der Waals surface area contributed by atoms with Crippen LogP contribution in [0.3, 0.4) is 0 Å². The van der Waals surface area contributed by atoms with Gasteiger partial charge in [-0.3, -0.25) is 24.6 Å². The number of amides is 3. The van der Waals surface area contributed by atoms with Crippen LogP contribution >= 0.6 is 0 Å². The molecule has 7 rings (SSSR count). The molecule has 4 aliphatic heterocycles. The van der Waals surface area contributed by atoms with E-state index < -0.39 is 35.1 Å². The first kappa shape index (κ1) is 38.9. The molecule has 15 heteroatoms. The highest BCUT2D eigenvalue weighted by atomic mass is 19.4. The van der Waals surface area contributed by atoms with Gasteiger partial charge in [0.05, 0.1) is 36.6 Å². The predicted molar refractivity (Wildman–Crippen MR) is 199 cm³/mol. The maximum Gasteiger partial charge on any atom is 0.420 e. The topological polar surface area (TPSA) is 118 Å². The molecule has 11 nitrogen and oxygen atoms in total. The normalized spacial score (nSPS) is 19.5. The van der Waals surface area contributed by atoms with E-state index in [0.717, 1.165) is 74.2 Å². The molecule has 3 aromatic carbocycles. The molecule has 56 heavy (non-hydrogen) atoms. The van der Waals surface area contributed by atoms with Crippen molar-refractivity contribution >= 4 is 29.1 Å². The number of rotatable bonds is 11. The van der Waals surface area contributed by atoms with Crippen LogP contribution in [0.15, 0.2) is 48.5 Å². The molecule has 0 saturated carbocycles. The van der Waals surface area contributed by atoms with Crippen LogP contribution in [0, 0.1) is 17.1 Å². The van der Waals surface area contributed by atoms with Crippen LogP contribution in [0.5, 0.6) is 11.5 Å². The van der Waals surface area contributed by atoms with Crippen LogP contribution in [0.4, 0.5) is 28.9 Å². The summed E-state index contributed by atoms with van der Waals surface area (Å²) in [4.78, 5) is 45.4. The second-order valence-corrected chi connectivity index (χ2v) is 14.7. The van der Waals surface area contributed by atoms with Crippen molar-refractivity contribution in [2.75, 3.05) is 69.3 Å². The fourth-order valence-electron chi connectivity index (χ4n) is 8.32. The number of anilines is 2. The van der Waals surface area contributed by atoms with Gasteiger partial charge in [0.1, 0.15) is 23.1 Å². The average Bonchev–Trinajstić information content (AvgIpc) is 3.52. The van der Waals surface area contributed by atoms with Crippen LogP contribution in [0.1, 0.15) is 77.1 Å². The molecule has 3 fully saturated rings. The third kappa shape index (κ3) is 8.11. The van der Waals surface area contributed by atoms with Gasteiger partial charge < -0.3 is 24.2 Å². The van der Waals surface area contributed by atoms with Crippen molar-refractivity contribution < 1.29 is 41.4 Å². The standard InChI is InChI=1S/C41H44F4N6O5/c1-55-34-23-30(22-29-25-51(40(54)36(29)34)33-10-11-35(52)47-39(33)53)49-19-17-48(18-20-49)14-2-3-21-56-31-7-4-26(5-8-31)27-12-15-50(16-13-27)32-9-6-28(24-46)37(38(32)42)41(43,44)45/h4-9,22-23,27,33H,2-3,10-21,25H2,1H3,(H,47,52,53). The molecule has 3 amide bonds. The monoisotopic (exact) mass is 776 g/mol. The minimum absolute atomic E-state index is 0.126. The van der Waals surface area contributed by atoms with Gasteiger partial charge in [-0.15, -0.1) is 0 Å². The first-order chi connectivity index (χ1) is 26.9. The number of imide groups is 1. The zero-order valence-corrected chi connectivity index (χ0v) is 31.2. The quantitative estimate of drug-likeness (QED) is 0.145. The number of fused-ring (bicyclic) bond motifs is 1. The fourth-order valence-corrected chi connectivity index (χ4v) is 8.32. The van der Waals surface area contributed by atoms with Crippen molar-refractivity contribution in [2.45, 2.75) is 63.2 Å². The van der Waals surface area contributed by atoms with E-state index in [4.69, 9.17) is 14.7 Å². The molecule has 0 spiro atoms. The Morgan fingerprint density at radius 3 is 2.30 bits per heavy atom. The second kappa shape index (κ2) is 16.4. The number of piperazine rings is 1. The minimum atomic E-state index is -4.95. The fraction of sp³-hybridized carbons (Fsp3) is 0.463. The maximum atomic E-state index is 15.0. The number of unbranched alkanes of at least 4 members (excludes halogenated alkanes) is 1. The molecule has 0 radical (unpaired) electrons. The van der Waals surface area contributed by atoms with Crippen molar-refractivity contribution in [3.63, 3.8) is 0 Å². The molecule has 0 bridgehead atoms. The van der Waals surface area contributed by atoms with E-state index >= 15 is 0 Å². The average molecular weight is 777 g/mol. The molecule has 3 saturated heterocycles. The van der Waals surface area contributed by atoms with Gasteiger partial charge in [0.15, 0.2) is 5.82 Å². The third-order valence-electron chi connectivity index (χ3n) is 11.4. The number of carbonyl (C=O) groups excluding carboxylic acids is 3. The summed E-state index contributed by atoms with van der Waals surface area (Å²) in [5.41, 5.74) is 1.03. The van der Waals surface area contributed by atoms with Gasteiger partial charge in [0.25, 0.3) is 5.91 Å². The smallest absolute Gasteiger partial charge is 0.420 e. The number of ether oxygens (including phenoxy) is 2. The Labute approximate surface area is 322 Å². The second-order valence-electron chi connectivity index (χ2n) is 14.7. The van der Waals surface area contributed by atoms with Gasteiger partial charge in [0.2, 0.25) is 11.8 Å². The molecule has 1 atom stereocenters. The van der Waals surface area contributed by atoms with E-state index in [1.165, 1.54) is 17.0 Å². The van der Waals surface area contributed by atoms with E-state index in [1.807, 2.05) is 36.4 Å². The number of hydrogen-bond acceptors (Lipinski definition) is 9. The van der Waals surface area contributed by atoms with Gasteiger partial charge in [-0.2, -0.15) is 18.4 Å². The number of hydrogen-bond donors (Lipinski definition) is 1. The number of benzene rings is 3. The Morgan fingerprint density at radius 1 is 0.911 bits per heavy atom. The summed E-state index contributed by atoms with van der Waals surface area (Å²) in [6, 6.07) is 14.9. The highest BCUT2D eigenvalue weighted by Gasteiger charge is 2.42. The SMILES string of the molecule is COc1cc(N2CCN(CCCCOc3ccc(C4CCN(c5ccc(C#N)c(C(F)(F)F)c5F)CC4)cc3)CC2)cc2c1C(=O)N(C1CCC(=O)NC1=O)C2. The van der Waals surface area contributed by atoms with Crippen LogP contribution in [-0.4, -0.2) is 93.1 Å². The lowest BCUT2D eigenvalue weighted by Gasteiger charge is -2.36. The van der Waals surface area contributed by atoms with Gasteiger partial charge in [-0.25, -0.2) is 4.39 Å². The first-order valence-electron chi connectivity index (χ1n) is 19.1. The summed E-state index contributed by atoms with van der Waals surface area (Å²) in [6.45, 7) is 6.03. The number of alkyl halides is 3. The zero-order valence-electron chi connectivity index (χ0n) is 31.2. The lowest BCUT2D eigenvalue weighted by atomic mass is 9.89. The molecular formula is C41H44F4N6O5. The van der Waals surface area contributed by atoms with Gasteiger partial charge in [0, 0.05) is 64.0 Å². The van der Waals surface area contributed by atoms with Crippen molar-refractivity contribution in [3.05, 3.63) is 82.2 Å². The van der Waals surface area contributed by atoms with Crippen LogP contribution in [0.2, 0.25) is 0 Å². The molecular weight excluding hydrogens is 732 g/mol. The van der Waals surface area contributed by atoms with Crippen molar-refractivity contribution in [2.24, 2.45) is 0 Å². The Balaban J connectivity index is 0.827. The minimum Gasteiger partial charge on any atom is -0.496 e. The molecule has 4 aliphatic rings. The summed E-state index contributed by atoms with van der Waals surface area (Å²) in [6.07, 6.45) is -1.26. The van der Waals surface area contributed by atoms with Crippen LogP contribution < -0.4 is 24.6 Å². The van der Waals surface area contributed by atoms with Crippen molar-refractivity contribution in [3.8, 4) is 17.6 Å². The lowest BCUT2D eigenvalue weighted by Crippen LogP contribution is -2.52. The molecule has 3 aromatic rings. The number of nitriles is 1. The van der Waals surface area contributed by atoms with Crippen LogP contribution in [0.25, 0.3) is 0 Å². The zero-order chi connectivity index (χ0) is 39.6. The summed E-state index contributed by atoms with van der Waals surface area (Å²) in [5.74, 6) is -0.958. The number of methoxy groups -OCH3 is 1. The number of piperidine rings is 2. The molecule has 1 unspecified atom stereocenters. The Kier molecular flexibility index (Phi) is 11.4. The summed E-state index contributed by atoms with van der Waals surface area (Å²) < 4.78 is 67.1. The molecule has 0 aromatic heterocycles. The van der Waals surface area contributed by atoms with E-state index in [0.29, 0.717) is 56.8 Å². The summed E-state index contributed by atoms with van der Waals surface area (Å²) >= 11 is 0.